The fourth-order valence-electron chi connectivity index (χ4n) is 4.10. The lowest BCUT2D eigenvalue weighted by molar-refractivity contribution is -0.160. The average Bonchev–Trinajstić information content (AvgIpc) is 3.43. The second-order valence-corrected chi connectivity index (χ2v) is 9.14. The number of rotatable bonds is 5. The Morgan fingerprint density at radius 2 is 1.79 bits per heavy atom. The molecule has 0 saturated heterocycles. The van der Waals surface area contributed by atoms with Gasteiger partial charge in [-0.3, -0.25) is 0 Å². The van der Waals surface area contributed by atoms with E-state index >= 15 is 0 Å². The molecule has 8 heteroatoms. The molecule has 34 heavy (non-hydrogen) atoms. The van der Waals surface area contributed by atoms with Crippen molar-refractivity contribution >= 4 is 11.6 Å². The van der Waals surface area contributed by atoms with Gasteiger partial charge in [0.15, 0.2) is 23.3 Å². The van der Waals surface area contributed by atoms with Crippen molar-refractivity contribution in [2.75, 3.05) is 6.79 Å². The van der Waals surface area contributed by atoms with Gasteiger partial charge in [0.05, 0.1) is 17.0 Å². The number of aliphatic carboxylic acids is 1. The predicted octanol–water partition coefficient (Wildman–Crippen LogP) is 5.04. The Hall–Kier alpha value is -3.91. The van der Waals surface area contributed by atoms with E-state index in [0.29, 0.717) is 34.1 Å². The highest BCUT2D eigenvalue weighted by Gasteiger charge is 2.33. The monoisotopic (exact) mass is 459 g/mol. The van der Waals surface area contributed by atoms with Crippen LogP contribution in [0.2, 0.25) is 0 Å². The topological polar surface area (TPSA) is 95.2 Å². The second-order valence-electron chi connectivity index (χ2n) is 9.14. The summed E-state index contributed by atoms with van der Waals surface area (Å²) in [7, 11) is 0. The molecule has 1 N–H and O–H groups in total. The molecule has 0 amide bonds. The summed E-state index contributed by atoms with van der Waals surface area (Å²) in [5.74, 6) is 0.125. The minimum Gasteiger partial charge on any atom is -0.479 e. The highest BCUT2D eigenvalue weighted by molar-refractivity contribution is 5.81. The fraction of sp³-hybridized carbons (Fsp3) is 0.269. The van der Waals surface area contributed by atoms with Crippen LogP contribution in [0, 0.1) is 6.92 Å². The molecule has 0 spiro atoms. The zero-order chi connectivity index (χ0) is 24.0. The van der Waals surface area contributed by atoms with Crippen LogP contribution >= 0.6 is 0 Å². The molecule has 5 rings (SSSR count). The molecule has 0 bridgehead atoms. The largest absolute Gasteiger partial charge is 0.479 e. The highest BCUT2D eigenvalue weighted by Crippen LogP contribution is 2.40. The maximum Gasteiger partial charge on any atom is 0.337 e. The quantitative estimate of drug-likeness (QED) is 0.447. The van der Waals surface area contributed by atoms with E-state index in [4.69, 9.17) is 24.3 Å². The molecule has 1 unspecified atom stereocenters. The van der Waals surface area contributed by atoms with E-state index in [-0.39, 0.29) is 6.79 Å². The van der Waals surface area contributed by atoms with Gasteiger partial charge in [-0.25, -0.2) is 14.3 Å². The van der Waals surface area contributed by atoms with E-state index in [1.807, 2.05) is 75.4 Å². The number of fused-ring (bicyclic) bond motifs is 2. The molecule has 0 radical (unpaired) electrons. The van der Waals surface area contributed by atoms with Crippen molar-refractivity contribution in [1.29, 1.82) is 0 Å². The van der Waals surface area contributed by atoms with E-state index < -0.39 is 17.7 Å². The number of nitrogens with zero attached hydrogens (tertiary/aromatic N) is 3. The predicted molar refractivity (Wildman–Crippen MR) is 126 cm³/mol. The van der Waals surface area contributed by atoms with Crippen molar-refractivity contribution < 1.29 is 24.1 Å². The Bertz CT molecular complexity index is 1390. The van der Waals surface area contributed by atoms with E-state index in [0.717, 1.165) is 16.8 Å². The van der Waals surface area contributed by atoms with Gasteiger partial charge in [0.2, 0.25) is 6.79 Å². The second kappa shape index (κ2) is 8.14. The molecule has 0 aliphatic carbocycles. The summed E-state index contributed by atoms with van der Waals surface area (Å²) in [5.41, 5.74) is 3.87. The first-order valence-electron chi connectivity index (χ1n) is 11.0. The van der Waals surface area contributed by atoms with Crippen LogP contribution in [-0.2, 0) is 9.53 Å². The van der Waals surface area contributed by atoms with Gasteiger partial charge in [0, 0.05) is 28.5 Å². The molecule has 2 aromatic heterocycles. The van der Waals surface area contributed by atoms with Crippen LogP contribution in [0.5, 0.6) is 11.5 Å². The Labute approximate surface area is 196 Å². The van der Waals surface area contributed by atoms with E-state index in [9.17, 15) is 9.90 Å². The first-order chi connectivity index (χ1) is 16.2. The van der Waals surface area contributed by atoms with Crippen LogP contribution in [0.4, 0.5) is 0 Å². The van der Waals surface area contributed by atoms with Crippen molar-refractivity contribution in [3.63, 3.8) is 0 Å². The number of benzene rings is 2. The molecule has 1 aliphatic heterocycles. The molecule has 0 saturated carbocycles. The lowest BCUT2D eigenvalue weighted by atomic mass is 9.98. The summed E-state index contributed by atoms with van der Waals surface area (Å²) >= 11 is 0. The third kappa shape index (κ3) is 3.97. The summed E-state index contributed by atoms with van der Waals surface area (Å²) < 4.78 is 18.8. The first kappa shape index (κ1) is 21.9. The molecule has 8 nitrogen and oxygen atoms in total. The van der Waals surface area contributed by atoms with Crippen molar-refractivity contribution in [1.82, 2.24) is 14.6 Å². The zero-order valence-corrected chi connectivity index (χ0v) is 19.4. The van der Waals surface area contributed by atoms with Gasteiger partial charge in [-0.15, -0.1) is 0 Å². The molecule has 4 aromatic rings. The fourth-order valence-corrected chi connectivity index (χ4v) is 4.10. The van der Waals surface area contributed by atoms with Crippen molar-refractivity contribution in [2.24, 2.45) is 0 Å². The molecule has 0 fully saturated rings. The number of hydrogen-bond acceptors (Lipinski definition) is 6. The van der Waals surface area contributed by atoms with Crippen LogP contribution in [0.25, 0.3) is 28.2 Å². The maximum atomic E-state index is 12.4. The van der Waals surface area contributed by atoms with Crippen LogP contribution in [0.15, 0.2) is 54.6 Å². The molecule has 2 aromatic carbocycles. The van der Waals surface area contributed by atoms with Gasteiger partial charge < -0.3 is 19.3 Å². The zero-order valence-electron chi connectivity index (χ0n) is 19.4. The molecule has 1 aliphatic rings. The molecule has 3 heterocycles. The highest BCUT2D eigenvalue weighted by atomic mass is 16.7. The molecular formula is C26H25N3O5. The van der Waals surface area contributed by atoms with Gasteiger partial charge in [0.1, 0.15) is 0 Å². The van der Waals surface area contributed by atoms with Crippen molar-refractivity contribution in [2.45, 2.75) is 39.4 Å². The summed E-state index contributed by atoms with van der Waals surface area (Å²) in [5, 5.41) is 15.0. The Morgan fingerprint density at radius 1 is 1.06 bits per heavy atom. The lowest BCUT2D eigenvalue weighted by Crippen LogP contribution is -2.29. The van der Waals surface area contributed by atoms with Gasteiger partial charge in [-0.1, -0.05) is 30.3 Å². The SMILES string of the molecule is Cc1nc2cc(-c3ccccc3)nn2c(-c2ccc3c(c2)OCO3)c1C(OC(C)(C)C)C(=O)O. The van der Waals surface area contributed by atoms with Crippen LogP contribution in [0.1, 0.15) is 38.1 Å². The summed E-state index contributed by atoms with van der Waals surface area (Å²) in [6, 6.07) is 17.2. The Balaban J connectivity index is 1.80. The normalized spacial score (nSPS) is 13.9. The smallest absolute Gasteiger partial charge is 0.337 e. The molecule has 174 valence electrons. The number of ether oxygens (including phenoxy) is 3. The number of aromatic nitrogens is 3. The average molecular weight is 460 g/mol. The lowest BCUT2D eigenvalue weighted by Gasteiger charge is -2.27. The van der Waals surface area contributed by atoms with Crippen LogP contribution in [-0.4, -0.2) is 38.1 Å². The van der Waals surface area contributed by atoms with E-state index in [1.165, 1.54) is 0 Å². The Morgan fingerprint density at radius 3 is 2.50 bits per heavy atom. The maximum absolute atomic E-state index is 12.4. The number of carboxylic acid groups (broad SMARTS) is 1. The third-order valence-corrected chi connectivity index (χ3v) is 5.50. The van der Waals surface area contributed by atoms with Crippen LogP contribution in [0.3, 0.4) is 0 Å². The standard InChI is InChI=1S/C26H25N3O5/c1-15-22(24(25(30)31)34-26(2,3)4)23(17-10-11-19-20(12-17)33-14-32-19)29-21(27-15)13-18(28-29)16-8-6-5-7-9-16/h5-13,24H,14H2,1-4H3,(H,30,31). The minimum atomic E-state index is -1.25. The summed E-state index contributed by atoms with van der Waals surface area (Å²) in [6.45, 7) is 7.41. The van der Waals surface area contributed by atoms with Crippen LogP contribution < -0.4 is 9.47 Å². The first-order valence-corrected chi connectivity index (χ1v) is 11.0. The van der Waals surface area contributed by atoms with Crippen molar-refractivity contribution in [3.8, 4) is 34.0 Å². The Kier molecular flexibility index (Phi) is 5.25. The molecular weight excluding hydrogens is 434 g/mol. The third-order valence-electron chi connectivity index (χ3n) is 5.50. The van der Waals surface area contributed by atoms with E-state index in [2.05, 4.69) is 0 Å². The molecule has 1 atom stereocenters. The van der Waals surface area contributed by atoms with Crippen molar-refractivity contribution in [3.05, 3.63) is 65.9 Å². The van der Waals surface area contributed by atoms with Gasteiger partial charge in [-0.2, -0.15) is 5.10 Å². The number of hydrogen-bond donors (Lipinski definition) is 1. The minimum absolute atomic E-state index is 0.140. The summed E-state index contributed by atoms with van der Waals surface area (Å²) in [6.07, 6.45) is -1.25. The van der Waals surface area contributed by atoms with Gasteiger partial charge in [0.25, 0.3) is 0 Å². The number of carboxylic acids is 1. The number of aryl methyl sites for hydroxylation is 1. The summed E-state index contributed by atoms with van der Waals surface area (Å²) in [4.78, 5) is 17.2. The van der Waals surface area contributed by atoms with E-state index in [1.54, 1.807) is 11.4 Å². The number of carbonyl (C=O) groups is 1. The van der Waals surface area contributed by atoms with Gasteiger partial charge in [-0.05, 0) is 45.9 Å². The van der Waals surface area contributed by atoms with Gasteiger partial charge >= 0.3 is 5.97 Å².